The Hall–Kier alpha value is -4.14. The number of hydrogen-bond acceptors (Lipinski definition) is 7. The third kappa shape index (κ3) is 7.19. The van der Waals surface area contributed by atoms with E-state index in [-0.39, 0.29) is 6.42 Å². The van der Waals surface area contributed by atoms with E-state index >= 15 is 0 Å². The van der Waals surface area contributed by atoms with Crippen molar-refractivity contribution in [3.63, 3.8) is 0 Å². The first-order valence-electron chi connectivity index (χ1n) is 12.4. The van der Waals surface area contributed by atoms with Crippen molar-refractivity contribution in [2.24, 2.45) is 0 Å². The van der Waals surface area contributed by atoms with Gasteiger partial charge in [0.05, 0.1) is 0 Å². The fourth-order valence-electron chi connectivity index (χ4n) is 3.86. The lowest BCUT2D eigenvalue weighted by Crippen LogP contribution is -2.33. The second-order valence-electron chi connectivity index (χ2n) is 8.97. The highest BCUT2D eigenvalue weighted by Gasteiger charge is 2.22. The van der Waals surface area contributed by atoms with Crippen LogP contribution < -0.4 is 15.0 Å². The van der Waals surface area contributed by atoms with Crippen molar-refractivity contribution in [3.8, 4) is 16.9 Å². The molecule has 1 heterocycles. The lowest BCUT2D eigenvalue weighted by molar-refractivity contribution is -0.137. The molecule has 196 valence electrons. The van der Waals surface area contributed by atoms with Gasteiger partial charge in [0.25, 0.3) is 0 Å². The third-order valence-electron chi connectivity index (χ3n) is 5.91. The number of aliphatic carboxylic acids is 1. The van der Waals surface area contributed by atoms with Crippen LogP contribution in [0.3, 0.4) is 0 Å². The van der Waals surface area contributed by atoms with E-state index in [9.17, 15) is 14.7 Å². The number of aryl methyl sites for hydroxylation is 1. The first kappa shape index (κ1) is 27.4. The number of rotatable bonds is 11. The number of amides is 1. The summed E-state index contributed by atoms with van der Waals surface area (Å²) in [5, 5.41) is 13.2. The van der Waals surface area contributed by atoms with Crippen LogP contribution in [0.15, 0.2) is 54.7 Å². The van der Waals surface area contributed by atoms with Crippen LogP contribution in [-0.2, 0) is 11.2 Å². The minimum absolute atomic E-state index is 0.205. The summed E-state index contributed by atoms with van der Waals surface area (Å²) in [7, 11) is 3.21. The zero-order valence-corrected chi connectivity index (χ0v) is 22.1. The SMILES string of the molecule is CCCN(CC)c1ncc(-c2ccccc2C)c(N[C@@H](Cc2ccc(OC(=O)N(C)C)cc2)C(=O)O)n1. The van der Waals surface area contributed by atoms with E-state index in [1.165, 1.54) is 4.90 Å². The second kappa shape index (κ2) is 12.7. The number of carboxylic acid groups (broad SMARTS) is 1. The Labute approximate surface area is 218 Å². The zero-order valence-electron chi connectivity index (χ0n) is 22.1. The Morgan fingerprint density at radius 1 is 1.05 bits per heavy atom. The molecule has 0 aliphatic rings. The van der Waals surface area contributed by atoms with Crippen molar-refractivity contribution in [1.29, 1.82) is 0 Å². The number of ether oxygens (including phenoxy) is 1. The summed E-state index contributed by atoms with van der Waals surface area (Å²) < 4.78 is 5.25. The third-order valence-corrected chi connectivity index (χ3v) is 5.91. The van der Waals surface area contributed by atoms with Gasteiger partial charge in [0.15, 0.2) is 0 Å². The molecule has 0 saturated carbocycles. The summed E-state index contributed by atoms with van der Waals surface area (Å²) in [5.74, 6) is 0.415. The lowest BCUT2D eigenvalue weighted by atomic mass is 10.0. The van der Waals surface area contributed by atoms with Gasteiger partial charge in [0, 0.05) is 45.4 Å². The van der Waals surface area contributed by atoms with Gasteiger partial charge in [-0.3, -0.25) is 0 Å². The Bertz CT molecular complexity index is 1210. The van der Waals surface area contributed by atoms with E-state index in [4.69, 9.17) is 9.72 Å². The van der Waals surface area contributed by atoms with Gasteiger partial charge in [0.1, 0.15) is 17.6 Å². The second-order valence-corrected chi connectivity index (χ2v) is 8.97. The fourth-order valence-corrected chi connectivity index (χ4v) is 3.86. The maximum Gasteiger partial charge on any atom is 0.414 e. The molecule has 0 unspecified atom stereocenters. The van der Waals surface area contributed by atoms with Gasteiger partial charge in [-0.15, -0.1) is 0 Å². The molecule has 0 aliphatic carbocycles. The van der Waals surface area contributed by atoms with Gasteiger partial charge < -0.3 is 25.0 Å². The van der Waals surface area contributed by atoms with Crippen molar-refractivity contribution >= 4 is 23.8 Å². The first-order valence-corrected chi connectivity index (χ1v) is 12.4. The van der Waals surface area contributed by atoms with Crippen LogP contribution in [-0.4, -0.2) is 65.3 Å². The predicted octanol–water partition coefficient (Wildman–Crippen LogP) is 4.86. The molecule has 0 bridgehead atoms. The number of benzene rings is 2. The largest absolute Gasteiger partial charge is 0.480 e. The highest BCUT2D eigenvalue weighted by Crippen LogP contribution is 2.31. The fraction of sp³-hybridized carbons (Fsp3) is 0.357. The average molecular weight is 506 g/mol. The molecule has 1 aromatic heterocycles. The highest BCUT2D eigenvalue weighted by atomic mass is 16.6. The number of anilines is 2. The van der Waals surface area contributed by atoms with Gasteiger partial charge in [-0.1, -0.05) is 43.3 Å². The molecule has 0 fully saturated rings. The van der Waals surface area contributed by atoms with E-state index in [1.807, 2.05) is 38.1 Å². The van der Waals surface area contributed by atoms with Crippen molar-refractivity contribution < 1.29 is 19.4 Å². The first-order chi connectivity index (χ1) is 17.7. The molecule has 0 aliphatic heterocycles. The summed E-state index contributed by atoms with van der Waals surface area (Å²) in [6, 6.07) is 13.8. The normalized spacial score (nSPS) is 11.5. The molecule has 0 saturated heterocycles. The Morgan fingerprint density at radius 3 is 2.35 bits per heavy atom. The number of aromatic nitrogens is 2. The molecule has 9 nitrogen and oxygen atoms in total. The van der Waals surface area contributed by atoms with Gasteiger partial charge in [0.2, 0.25) is 5.95 Å². The number of carbonyl (C=O) groups excluding carboxylic acids is 1. The standard InChI is InChI=1S/C28H35N5O4/c1-6-16-33(7-2)27-29-18-23(22-11-9-8-10-19(22)3)25(31-27)30-24(26(34)35)17-20-12-14-21(15-13-20)37-28(36)32(4)5/h8-15,18,24H,6-7,16-17H2,1-5H3,(H,34,35)(H,29,30,31)/t24-/m0/s1. The van der Waals surface area contributed by atoms with Gasteiger partial charge >= 0.3 is 12.1 Å². The smallest absolute Gasteiger partial charge is 0.414 e. The number of carbonyl (C=O) groups is 2. The van der Waals surface area contributed by atoms with Crippen LogP contribution in [0.2, 0.25) is 0 Å². The van der Waals surface area contributed by atoms with E-state index in [0.29, 0.717) is 17.5 Å². The molecule has 37 heavy (non-hydrogen) atoms. The molecule has 1 amide bonds. The molecular formula is C28H35N5O4. The van der Waals surface area contributed by atoms with Gasteiger partial charge in [-0.25, -0.2) is 14.6 Å². The molecule has 2 N–H and O–H groups in total. The Kier molecular flexibility index (Phi) is 9.43. The number of nitrogens with one attached hydrogen (secondary N) is 1. The molecule has 0 spiro atoms. The van der Waals surface area contributed by atoms with E-state index in [2.05, 4.69) is 22.1 Å². The van der Waals surface area contributed by atoms with Crippen molar-refractivity contribution in [3.05, 3.63) is 65.9 Å². The minimum Gasteiger partial charge on any atom is -0.480 e. The predicted molar refractivity (Wildman–Crippen MR) is 145 cm³/mol. The number of nitrogens with zero attached hydrogens (tertiary/aromatic N) is 4. The maximum atomic E-state index is 12.3. The zero-order chi connectivity index (χ0) is 26.9. The van der Waals surface area contributed by atoms with Gasteiger partial charge in [-0.2, -0.15) is 4.98 Å². The molecule has 3 aromatic rings. The summed E-state index contributed by atoms with van der Waals surface area (Å²) in [6.07, 6.45) is 2.43. The van der Waals surface area contributed by atoms with Crippen LogP contribution in [0.25, 0.3) is 11.1 Å². The Balaban J connectivity index is 1.92. The van der Waals surface area contributed by atoms with Crippen molar-refractivity contribution in [2.45, 2.75) is 39.7 Å². The summed E-state index contributed by atoms with van der Waals surface area (Å²) >= 11 is 0. The molecule has 1 atom stereocenters. The average Bonchev–Trinajstić information content (AvgIpc) is 2.88. The van der Waals surface area contributed by atoms with Crippen molar-refractivity contribution in [2.75, 3.05) is 37.4 Å². The number of hydrogen-bond donors (Lipinski definition) is 2. The molecule has 9 heteroatoms. The summed E-state index contributed by atoms with van der Waals surface area (Å²) in [6.45, 7) is 7.68. The Morgan fingerprint density at radius 2 is 1.76 bits per heavy atom. The van der Waals surface area contributed by atoms with Crippen LogP contribution in [0.1, 0.15) is 31.4 Å². The van der Waals surface area contributed by atoms with Crippen LogP contribution in [0.5, 0.6) is 5.75 Å². The number of carboxylic acids is 1. The molecule has 0 radical (unpaired) electrons. The van der Waals surface area contributed by atoms with Crippen LogP contribution in [0.4, 0.5) is 16.6 Å². The van der Waals surface area contributed by atoms with E-state index in [0.717, 1.165) is 41.8 Å². The topological polar surface area (TPSA) is 108 Å². The van der Waals surface area contributed by atoms with Gasteiger partial charge in [-0.05, 0) is 49.1 Å². The summed E-state index contributed by atoms with van der Waals surface area (Å²) in [5.41, 5.74) is 3.49. The highest BCUT2D eigenvalue weighted by molar-refractivity contribution is 5.83. The van der Waals surface area contributed by atoms with Crippen LogP contribution >= 0.6 is 0 Å². The van der Waals surface area contributed by atoms with Crippen LogP contribution in [0, 0.1) is 6.92 Å². The quantitative estimate of drug-likeness (QED) is 0.381. The van der Waals surface area contributed by atoms with Crippen molar-refractivity contribution in [1.82, 2.24) is 14.9 Å². The monoisotopic (exact) mass is 505 g/mol. The molecule has 2 aromatic carbocycles. The van der Waals surface area contributed by atoms with E-state index < -0.39 is 18.1 Å². The summed E-state index contributed by atoms with van der Waals surface area (Å²) in [4.78, 5) is 36.9. The molecule has 3 rings (SSSR count). The molecular weight excluding hydrogens is 470 g/mol. The van der Waals surface area contributed by atoms with E-state index in [1.54, 1.807) is 44.6 Å². The maximum absolute atomic E-state index is 12.3. The lowest BCUT2D eigenvalue weighted by Gasteiger charge is -2.23. The minimum atomic E-state index is -1.00.